The molecule has 0 bridgehead atoms. The van der Waals surface area contributed by atoms with Crippen molar-refractivity contribution in [3.63, 3.8) is 0 Å². The summed E-state index contributed by atoms with van der Waals surface area (Å²) in [4.78, 5) is 27.4. The summed E-state index contributed by atoms with van der Waals surface area (Å²) in [7, 11) is 1.53. The van der Waals surface area contributed by atoms with E-state index in [-0.39, 0.29) is 18.2 Å². The van der Waals surface area contributed by atoms with Crippen LogP contribution < -0.4 is 15.4 Å². The van der Waals surface area contributed by atoms with E-state index in [1.807, 2.05) is 30.3 Å². The number of aromatic hydroxyl groups is 1. The average molecular weight is 469 g/mol. The highest BCUT2D eigenvalue weighted by atomic mass is 16.5. The number of ether oxygens (including phenoxy) is 1. The second-order valence-electron chi connectivity index (χ2n) is 8.45. The summed E-state index contributed by atoms with van der Waals surface area (Å²) in [5.41, 5.74) is 2.03. The van der Waals surface area contributed by atoms with Crippen molar-refractivity contribution in [3.05, 3.63) is 83.4 Å². The quantitative estimate of drug-likeness (QED) is 0.434. The second-order valence-corrected chi connectivity index (χ2v) is 8.45. The molecule has 0 spiro atoms. The van der Waals surface area contributed by atoms with Gasteiger partial charge in [0.15, 0.2) is 11.9 Å². The van der Waals surface area contributed by atoms with Gasteiger partial charge in [-0.15, -0.1) is 0 Å². The molecule has 1 saturated heterocycles. The molecule has 2 atom stereocenters. The zero-order valence-electron chi connectivity index (χ0n) is 18.9. The Morgan fingerprint density at radius 3 is 2.54 bits per heavy atom. The zero-order valence-corrected chi connectivity index (χ0v) is 18.9. The largest absolute Gasteiger partial charge is 0.507 e. The van der Waals surface area contributed by atoms with E-state index < -0.39 is 17.8 Å². The number of carbonyl (C=O) groups is 2. The number of rotatable bonds is 4. The molecular formula is C27H23N3O5. The van der Waals surface area contributed by atoms with Gasteiger partial charge in [0.05, 0.1) is 13.7 Å². The summed E-state index contributed by atoms with van der Waals surface area (Å²) < 4.78 is 5.22. The SMILES string of the molecule is COc1ccc2c(c1)C(=O)N(CC1(C#Cc3ccc(-c4ccccc4O)cc3)NC(O)NC1=O)C2. The van der Waals surface area contributed by atoms with Gasteiger partial charge in [-0.2, -0.15) is 0 Å². The number of fused-ring (bicyclic) bond motifs is 1. The first kappa shape index (κ1) is 22.5. The van der Waals surface area contributed by atoms with Crippen molar-refractivity contribution in [1.82, 2.24) is 15.5 Å². The smallest absolute Gasteiger partial charge is 0.257 e. The third-order valence-electron chi connectivity index (χ3n) is 6.18. The van der Waals surface area contributed by atoms with Crippen LogP contribution in [0.3, 0.4) is 0 Å². The van der Waals surface area contributed by atoms with E-state index in [0.29, 0.717) is 29.0 Å². The highest BCUT2D eigenvalue weighted by Crippen LogP contribution is 2.30. The standard InChI is InChI=1S/C27H23N3O5/c1-35-20-11-10-19-15-30(24(32)22(19)14-20)16-27(25(33)28-26(34)29-27)13-12-17-6-8-18(9-7-17)21-4-2-3-5-23(21)31/h2-11,14,26,29,31,34H,15-16H2,1H3,(H,28,33). The Morgan fingerprint density at radius 1 is 1.09 bits per heavy atom. The van der Waals surface area contributed by atoms with E-state index in [0.717, 1.165) is 11.1 Å². The molecule has 4 N–H and O–H groups in total. The van der Waals surface area contributed by atoms with Crippen LogP contribution in [-0.2, 0) is 11.3 Å². The van der Waals surface area contributed by atoms with Gasteiger partial charge in [0.1, 0.15) is 11.5 Å². The summed E-state index contributed by atoms with van der Waals surface area (Å²) in [5, 5.41) is 25.3. The lowest BCUT2D eigenvalue weighted by Gasteiger charge is -2.26. The number of benzene rings is 3. The van der Waals surface area contributed by atoms with E-state index in [1.54, 1.807) is 36.4 Å². The van der Waals surface area contributed by atoms with Crippen molar-refractivity contribution >= 4 is 11.8 Å². The molecule has 8 nitrogen and oxygen atoms in total. The van der Waals surface area contributed by atoms with Gasteiger partial charge in [-0.1, -0.05) is 48.2 Å². The molecule has 0 aromatic heterocycles. The predicted molar refractivity (Wildman–Crippen MR) is 128 cm³/mol. The van der Waals surface area contributed by atoms with Crippen molar-refractivity contribution in [2.24, 2.45) is 0 Å². The molecule has 8 heteroatoms. The maximum absolute atomic E-state index is 13.0. The van der Waals surface area contributed by atoms with E-state index in [2.05, 4.69) is 22.5 Å². The van der Waals surface area contributed by atoms with Crippen LogP contribution in [0.25, 0.3) is 11.1 Å². The van der Waals surface area contributed by atoms with Gasteiger partial charge in [-0.3, -0.25) is 9.59 Å². The highest BCUT2D eigenvalue weighted by molar-refractivity contribution is 6.00. The van der Waals surface area contributed by atoms with E-state index >= 15 is 0 Å². The minimum absolute atomic E-state index is 0.0469. The predicted octanol–water partition coefficient (Wildman–Crippen LogP) is 1.81. The van der Waals surface area contributed by atoms with Gasteiger partial charge in [0.25, 0.3) is 11.8 Å². The number of aliphatic hydroxyl groups excluding tert-OH is 1. The van der Waals surface area contributed by atoms with E-state index in [1.165, 1.54) is 12.0 Å². The summed E-state index contributed by atoms with van der Waals surface area (Å²) in [6, 6.07) is 19.6. The lowest BCUT2D eigenvalue weighted by Crippen LogP contribution is -2.54. The Bertz CT molecular complexity index is 1380. The van der Waals surface area contributed by atoms with Crippen molar-refractivity contribution < 1.29 is 24.5 Å². The van der Waals surface area contributed by atoms with Gasteiger partial charge < -0.3 is 25.2 Å². The first-order chi connectivity index (χ1) is 16.9. The van der Waals surface area contributed by atoms with Crippen LogP contribution in [0.15, 0.2) is 66.7 Å². The number of methoxy groups -OCH3 is 1. The molecule has 3 aromatic carbocycles. The molecule has 35 heavy (non-hydrogen) atoms. The van der Waals surface area contributed by atoms with E-state index in [9.17, 15) is 19.8 Å². The maximum Gasteiger partial charge on any atom is 0.257 e. The van der Waals surface area contributed by atoms with Gasteiger partial charge in [-0.05, 0) is 41.5 Å². The normalized spacial score (nSPS) is 20.7. The van der Waals surface area contributed by atoms with Crippen LogP contribution in [0.2, 0.25) is 0 Å². The topological polar surface area (TPSA) is 111 Å². The Balaban J connectivity index is 1.41. The van der Waals surface area contributed by atoms with Gasteiger partial charge in [0, 0.05) is 23.2 Å². The summed E-state index contributed by atoms with van der Waals surface area (Å²) >= 11 is 0. The summed E-state index contributed by atoms with van der Waals surface area (Å²) in [6.45, 7) is 0.274. The fourth-order valence-electron chi connectivity index (χ4n) is 4.34. The number of hydrogen-bond donors (Lipinski definition) is 4. The molecule has 0 aliphatic carbocycles. The van der Waals surface area contributed by atoms with E-state index in [4.69, 9.17) is 4.74 Å². The molecule has 3 aromatic rings. The molecule has 176 valence electrons. The van der Waals surface area contributed by atoms with Crippen LogP contribution in [0.1, 0.15) is 21.5 Å². The van der Waals surface area contributed by atoms with Crippen molar-refractivity contribution in [1.29, 1.82) is 0 Å². The molecule has 5 rings (SSSR count). The molecule has 2 aliphatic rings. The lowest BCUT2D eigenvalue weighted by atomic mass is 9.98. The molecule has 1 fully saturated rings. The van der Waals surface area contributed by atoms with Gasteiger partial charge in [0.2, 0.25) is 0 Å². The first-order valence-electron chi connectivity index (χ1n) is 11.0. The Labute approximate surface area is 202 Å². The van der Waals surface area contributed by atoms with Crippen molar-refractivity contribution in [2.75, 3.05) is 13.7 Å². The minimum atomic E-state index is -1.49. The Kier molecular flexibility index (Phi) is 5.65. The number of para-hydroxylation sites is 1. The molecule has 2 aliphatic heterocycles. The molecule has 2 amide bonds. The number of aliphatic hydroxyl groups is 1. The molecule has 0 saturated carbocycles. The summed E-state index contributed by atoms with van der Waals surface area (Å²) in [6.07, 6.45) is -1.28. The fourth-order valence-corrected chi connectivity index (χ4v) is 4.34. The first-order valence-corrected chi connectivity index (χ1v) is 11.0. The third kappa shape index (κ3) is 4.19. The summed E-state index contributed by atoms with van der Waals surface area (Å²) in [5.74, 6) is 5.97. The van der Waals surface area contributed by atoms with Crippen LogP contribution in [-0.4, -0.2) is 52.5 Å². The number of amides is 2. The molecule has 2 unspecified atom stereocenters. The zero-order chi connectivity index (χ0) is 24.6. The van der Waals surface area contributed by atoms with Crippen LogP contribution in [0.4, 0.5) is 0 Å². The second kappa shape index (κ2) is 8.80. The molecule has 2 heterocycles. The number of carbonyl (C=O) groups excluding carboxylic acids is 2. The van der Waals surface area contributed by atoms with Crippen molar-refractivity contribution in [2.45, 2.75) is 18.4 Å². The average Bonchev–Trinajstić information content (AvgIpc) is 3.32. The number of nitrogens with one attached hydrogen (secondary N) is 2. The Morgan fingerprint density at radius 2 is 1.86 bits per heavy atom. The number of nitrogens with zero attached hydrogens (tertiary/aromatic N) is 1. The van der Waals surface area contributed by atoms with Crippen LogP contribution >= 0.6 is 0 Å². The number of hydrogen-bond acceptors (Lipinski definition) is 6. The molecular weight excluding hydrogens is 446 g/mol. The number of phenolic OH excluding ortho intramolecular Hbond substituents is 1. The highest BCUT2D eigenvalue weighted by Gasteiger charge is 2.48. The minimum Gasteiger partial charge on any atom is -0.507 e. The van der Waals surface area contributed by atoms with Crippen molar-refractivity contribution in [3.8, 4) is 34.5 Å². The van der Waals surface area contributed by atoms with Crippen LogP contribution in [0, 0.1) is 11.8 Å². The maximum atomic E-state index is 13.0. The fraction of sp³-hybridized carbons (Fsp3) is 0.185. The number of phenols is 1. The third-order valence-corrected chi connectivity index (χ3v) is 6.18. The lowest BCUT2D eigenvalue weighted by molar-refractivity contribution is -0.123. The monoisotopic (exact) mass is 469 g/mol. The molecule has 0 radical (unpaired) electrons. The Hall–Kier alpha value is -4.32. The van der Waals surface area contributed by atoms with Gasteiger partial charge >= 0.3 is 0 Å². The van der Waals surface area contributed by atoms with Crippen LogP contribution in [0.5, 0.6) is 11.5 Å². The van der Waals surface area contributed by atoms with Gasteiger partial charge in [-0.25, -0.2) is 5.32 Å².